The van der Waals surface area contributed by atoms with E-state index < -0.39 is 0 Å². The Bertz CT molecular complexity index is 1440. The fourth-order valence-electron chi connectivity index (χ4n) is 7.25. The number of benzene rings is 2. The lowest BCUT2D eigenvalue weighted by Gasteiger charge is -2.51. The third kappa shape index (κ3) is 3.61. The average molecular weight is 479 g/mol. The molecule has 1 amide bonds. The molecular formula is C29H28N5O2+. The minimum absolute atomic E-state index is 0.206. The summed E-state index contributed by atoms with van der Waals surface area (Å²) in [6.45, 7) is 0. The number of amides is 1. The van der Waals surface area contributed by atoms with Crippen molar-refractivity contribution < 1.29 is 9.55 Å². The molecule has 8 rings (SSSR count). The van der Waals surface area contributed by atoms with Crippen molar-refractivity contribution in [3.8, 4) is 11.4 Å². The van der Waals surface area contributed by atoms with Crippen LogP contribution in [-0.4, -0.2) is 31.2 Å². The third-order valence-corrected chi connectivity index (χ3v) is 8.46. The normalized spacial score (nSPS) is 26.3. The van der Waals surface area contributed by atoms with Gasteiger partial charge in [0.05, 0.1) is 11.0 Å². The van der Waals surface area contributed by atoms with Crippen LogP contribution in [0.3, 0.4) is 0 Å². The van der Waals surface area contributed by atoms with E-state index in [2.05, 4.69) is 15.3 Å². The van der Waals surface area contributed by atoms with E-state index in [0.717, 1.165) is 59.3 Å². The van der Waals surface area contributed by atoms with Gasteiger partial charge in [-0.1, -0.05) is 6.07 Å². The molecule has 2 aromatic heterocycles. The number of hydrogen-bond donors (Lipinski definition) is 2. The van der Waals surface area contributed by atoms with Gasteiger partial charge in [-0.15, -0.1) is 0 Å². The van der Waals surface area contributed by atoms with Crippen molar-refractivity contribution in [1.82, 2.24) is 15.0 Å². The Labute approximate surface area is 208 Å². The van der Waals surface area contributed by atoms with Gasteiger partial charge in [0.1, 0.15) is 11.6 Å². The fraction of sp³-hybridized carbons (Fsp3) is 0.345. The Morgan fingerprint density at radius 1 is 0.944 bits per heavy atom. The van der Waals surface area contributed by atoms with Crippen LogP contribution in [0, 0.1) is 22.7 Å². The van der Waals surface area contributed by atoms with Crippen LogP contribution < -0.4 is 5.32 Å². The molecule has 4 bridgehead atoms. The number of imidazole rings is 1. The third-order valence-electron chi connectivity index (χ3n) is 8.46. The maximum absolute atomic E-state index is 13.6. The highest BCUT2D eigenvalue weighted by Gasteiger charge is 2.60. The van der Waals surface area contributed by atoms with Crippen LogP contribution in [-0.2, 0) is 0 Å². The molecule has 0 atom stereocenters. The van der Waals surface area contributed by atoms with Crippen LogP contribution >= 0.6 is 0 Å². The van der Waals surface area contributed by atoms with Gasteiger partial charge >= 0.3 is 0 Å². The molecule has 2 heterocycles. The Hall–Kier alpha value is -3.87. The molecule has 7 heteroatoms. The van der Waals surface area contributed by atoms with E-state index in [1.54, 1.807) is 30.5 Å². The first-order valence-electron chi connectivity index (χ1n) is 12.8. The second-order valence-electron chi connectivity index (χ2n) is 11.0. The van der Waals surface area contributed by atoms with Gasteiger partial charge in [-0.05, 0) is 79.5 Å². The van der Waals surface area contributed by atoms with Gasteiger partial charge in [0.25, 0.3) is 11.6 Å². The molecule has 0 spiro atoms. The van der Waals surface area contributed by atoms with Crippen molar-refractivity contribution >= 4 is 28.4 Å². The molecule has 0 saturated heterocycles. The molecule has 0 aliphatic heterocycles. The monoisotopic (exact) mass is 478 g/mol. The standard InChI is InChI=1S/C29H27N5O2/c35-28(33-26-3-1-2-10-30-26)22-6-9-24-25(14-22)32-27(31-24)21-4-7-23(8-5-21)34(36)29-15-18-11-19(16-29)13-20(12-18)17-29/h1-10,14,18-20H,11-13,15-17H2,(H-,30,31,32,33,35,36)/p+1. The zero-order chi connectivity index (χ0) is 24.3. The molecule has 180 valence electrons. The molecule has 7 nitrogen and oxygen atoms in total. The van der Waals surface area contributed by atoms with Gasteiger partial charge in [0.2, 0.25) is 5.54 Å². The summed E-state index contributed by atoms with van der Waals surface area (Å²) >= 11 is 0. The second-order valence-corrected chi connectivity index (χ2v) is 11.0. The summed E-state index contributed by atoms with van der Waals surface area (Å²) in [6, 6.07) is 18.6. The minimum atomic E-state index is -0.226. The second kappa shape index (κ2) is 8.08. The van der Waals surface area contributed by atoms with Crippen LogP contribution in [0.25, 0.3) is 22.4 Å². The number of anilines is 1. The largest absolute Gasteiger partial charge is 0.338 e. The smallest absolute Gasteiger partial charge is 0.256 e. The van der Waals surface area contributed by atoms with Gasteiger partial charge in [0, 0.05) is 58.4 Å². The van der Waals surface area contributed by atoms with Gasteiger partial charge in [0.15, 0.2) is 0 Å². The summed E-state index contributed by atoms with van der Waals surface area (Å²) in [6.07, 6.45) is 8.75. The number of H-pyrrole nitrogens is 1. The molecule has 4 fully saturated rings. The maximum Gasteiger partial charge on any atom is 0.256 e. The average Bonchev–Trinajstić information content (AvgIpc) is 3.32. The van der Waals surface area contributed by atoms with Gasteiger partial charge in [-0.2, -0.15) is 0 Å². The van der Waals surface area contributed by atoms with Gasteiger partial charge < -0.3 is 10.3 Å². The van der Waals surface area contributed by atoms with Crippen molar-refractivity contribution in [3.63, 3.8) is 0 Å². The predicted octanol–water partition coefficient (Wildman–Crippen LogP) is 6.26. The number of nitroso groups, excluding NO2 is 1. The summed E-state index contributed by atoms with van der Waals surface area (Å²) in [5.74, 6) is 3.20. The highest BCUT2D eigenvalue weighted by molar-refractivity contribution is 6.05. The highest BCUT2D eigenvalue weighted by Crippen LogP contribution is 2.57. The summed E-state index contributed by atoms with van der Waals surface area (Å²) in [4.78, 5) is 38.4. The predicted molar refractivity (Wildman–Crippen MR) is 138 cm³/mol. The number of hydrogen-bond acceptors (Lipinski definition) is 4. The van der Waals surface area contributed by atoms with Gasteiger partial charge in [-0.25, -0.2) is 9.97 Å². The zero-order valence-corrected chi connectivity index (χ0v) is 20.0. The van der Waals surface area contributed by atoms with Crippen molar-refractivity contribution in [2.75, 3.05) is 5.32 Å². The number of aromatic amines is 1. The van der Waals surface area contributed by atoms with E-state index in [4.69, 9.17) is 4.98 Å². The molecular weight excluding hydrogens is 450 g/mol. The molecule has 4 aliphatic carbocycles. The Morgan fingerprint density at radius 2 is 1.67 bits per heavy atom. The molecule has 4 aromatic rings. The van der Waals surface area contributed by atoms with Crippen molar-refractivity contribution in [3.05, 3.63) is 77.3 Å². The van der Waals surface area contributed by atoms with Crippen LogP contribution in [0.5, 0.6) is 0 Å². The van der Waals surface area contributed by atoms with Gasteiger partial charge in [-0.3, -0.25) is 4.79 Å². The zero-order valence-electron chi connectivity index (χ0n) is 20.0. The number of pyridine rings is 1. The first-order chi connectivity index (χ1) is 17.5. The first kappa shape index (κ1) is 21.4. The lowest BCUT2D eigenvalue weighted by atomic mass is 9.53. The number of carbonyl (C=O) groups is 1. The van der Waals surface area contributed by atoms with Crippen molar-refractivity contribution in [2.45, 2.75) is 44.1 Å². The number of carbonyl (C=O) groups excluding carboxylic acids is 1. The van der Waals surface area contributed by atoms with E-state index in [1.807, 2.05) is 36.4 Å². The van der Waals surface area contributed by atoms with E-state index in [1.165, 1.54) is 24.0 Å². The number of rotatable bonds is 5. The number of fused-ring (bicyclic) bond motifs is 1. The van der Waals surface area contributed by atoms with E-state index in [-0.39, 0.29) is 11.4 Å². The Kier molecular flexibility index (Phi) is 4.81. The molecule has 2 N–H and O–H groups in total. The van der Waals surface area contributed by atoms with E-state index in [9.17, 15) is 9.70 Å². The van der Waals surface area contributed by atoms with Crippen LogP contribution in [0.2, 0.25) is 0 Å². The molecule has 4 saturated carbocycles. The first-order valence-corrected chi connectivity index (χ1v) is 12.8. The summed E-state index contributed by atoms with van der Waals surface area (Å²) in [5.41, 5.74) is 3.53. The minimum Gasteiger partial charge on any atom is -0.338 e. The van der Waals surface area contributed by atoms with Crippen LogP contribution in [0.15, 0.2) is 66.9 Å². The Balaban J connectivity index is 1.11. The SMILES string of the molecule is O=C(Nc1ccccn1)c1ccc2nc(-c3ccc([N+](=O)C45CC6CC(CC(C6)C4)C5)cc3)[nH]c2c1. The van der Waals surface area contributed by atoms with Crippen LogP contribution in [0.1, 0.15) is 48.9 Å². The molecule has 0 radical (unpaired) electrons. The molecule has 2 aromatic carbocycles. The summed E-state index contributed by atoms with van der Waals surface area (Å²) < 4.78 is 1.34. The molecule has 0 unspecified atom stereocenters. The lowest BCUT2D eigenvalue weighted by molar-refractivity contribution is -0.574. The lowest BCUT2D eigenvalue weighted by Crippen LogP contribution is -2.54. The quantitative estimate of drug-likeness (QED) is 0.331. The number of aromatic nitrogens is 3. The fourth-order valence-corrected chi connectivity index (χ4v) is 7.25. The number of nitrogens with one attached hydrogen (secondary N) is 2. The topological polar surface area (TPSA) is 90.8 Å². The highest BCUT2D eigenvalue weighted by atomic mass is 16.3. The van der Waals surface area contributed by atoms with E-state index >= 15 is 0 Å². The van der Waals surface area contributed by atoms with Crippen LogP contribution in [0.4, 0.5) is 11.5 Å². The number of nitrogens with zero attached hydrogens (tertiary/aromatic N) is 3. The molecule has 4 aliphatic rings. The van der Waals surface area contributed by atoms with E-state index in [0.29, 0.717) is 17.2 Å². The van der Waals surface area contributed by atoms with Crippen molar-refractivity contribution in [1.29, 1.82) is 0 Å². The Morgan fingerprint density at radius 3 is 2.33 bits per heavy atom. The molecule has 36 heavy (non-hydrogen) atoms. The summed E-state index contributed by atoms with van der Waals surface area (Å²) in [5, 5.41) is 2.81. The maximum atomic E-state index is 13.6. The van der Waals surface area contributed by atoms with Crippen molar-refractivity contribution in [2.24, 2.45) is 17.8 Å². The summed E-state index contributed by atoms with van der Waals surface area (Å²) in [7, 11) is 0.